The van der Waals surface area contributed by atoms with E-state index in [1.54, 1.807) is 6.92 Å². The van der Waals surface area contributed by atoms with Crippen molar-refractivity contribution in [3.8, 4) is 0 Å². The van der Waals surface area contributed by atoms with Crippen molar-refractivity contribution >= 4 is 58.6 Å². The molecule has 0 atom stereocenters. The third-order valence-corrected chi connectivity index (χ3v) is 4.17. The Bertz CT molecular complexity index is 755. The highest BCUT2D eigenvalue weighted by Gasteiger charge is 2.22. The first kappa shape index (κ1) is 22.3. The Hall–Kier alpha value is -1.76. The van der Waals surface area contributed by atoms with E-state index < -0.39 is 11.9 Å². The van der Waals surface area contributed by atoms with Crippen LogP contribution in [-0.2, 0) is 14.3 Å². The lowest BCUT2D eigenvalue weighted by Gasteiger charge is -2.10. The molecule has 0 aromatic heterocycles. The summed E-state index contributed by atoms with van der Waals surface area (Å²) < 4.78 is 9.87. The number of rotatable bonds is 7. The standard InChI is InChI=1S/C17H18Cl3NO5/c1-4-6-26-16(23)10(9(3)22)8-21-12-7-11(18)14(19)13(15(12)20)17(24)25-5-2/h7-8,22H,4-6H2,1-3H3. The fourth-order valence-corrected chi connectivity index (χ4v) is 2.51. The molecule has 6 nitrogen and oxygen atoms in total. The Kier molecular flexibility index (Phi) is 8.92. The zero-order valence-corrected chi connectivity index (χ0v) is 16.7. The van der Waals surface area contributed by atoms with Crippen molar-refractivity contribution in [1.82, 2.24) is 0 Å². The molecule has 0 radical (unpaired) electrons. The highest BCUT2D eigenvalue weighted by molar-refractivity contribution is 6.47. The SMILES string of the molecule is CCCOC(=O)C(C=Nc1cc(Cl)c(Cl)c(C(=O)OCC)c1Cl)=C(C)O. The van der Waals surface area contributed by atoms with E-state index >= 15 is 0 Å². The van der Waals surface area contributed by atoms with Crippen LogP contribution in [0.3, 0.4) is 0 Å². The van der Waals surface area contributed by atoms with Crippen molar-refractivity contribution in [3.05, 3.63) is 38.0 Å². The number of aliphatic hydroxyl groups excluding tert-OH is 1. The number of nitrogens with zero attached hydrogens (tertiary/aromatic N) is 1. The van der Waals surface area contributed by atoms with E-state index in [9.17, 15) is 14.7 Å². The zero-order chi connectivity index (χ0) is 19.9. The summed E-state index contributed by atoms with van der Waals surface area (Å²) in [5.74, 6) is -1.77. The number of aliphatic hydroxyl groups is 1. The average molecular weight is 423 g/mol. The first-order chi connectivity index (χ1) is 12.2. The number of allylic oxidation sites excluding steroid dienone is 1. The second-order valence-electron chi connectivity index (χ2n) is 4.99. The molecule has 0 heterocycles. The van der Waals surface area contributed by atoms with Crippen molar-refractivity contribution in [2.24, 2.45) is 4.99 Å². The van der Waals surface area contributed by atoms with Gasteiger partial charge in [-0.15, -0.1) is 0 Å². The molecule has 0 fully saturated rings. The van der Waals surface area contributed by atoms with Gasteiger partial charge in [0.25, 0.3) is 0 Å². The van der Waals surface area contributed by atoms with Crippen LogP contribution in [-0.4, -0.2) is 36.5 Å². The Balaban J connectivity index is 3.31. The van der Waals surface area contributed by atoms with Gasteiger partial charge in [0.05, 0.1) is 34.0 Å². The number of carbonyl (C=O) groups is 2. The van der Waals surface area contributed by atoms with Crippen molar-refractivity contribution in [1.29, 1.82) is 0 Å². The fraction of sp³-hybridized carbons (Fsp3) is 0.353. The van der Waals surface area contributed by atoms with Gasteiger partial charge in [0, 0.05) is 6.21 Å². The van der Waals surface area contributed by atoms with Crippen LogP contribution >= 0.6 is 34.8 Å². The molecule has 9 heteroatoms. The number of esters is 2. The summed E-state index contributed by atoms with van der Waals surface area (Å²) in [5.41, 5.74) is -0.209. The number of benzene rings is 1. The average Bonchev–Trinajstić information content (AvgIpc) is 2.57. The molecule has 1 aromatic rings. The van der Waals surface area contributed by atoms with Gasteiger partial charge in [-0.05, 0) is 26.3 Å². The minimum Gasteiger partial charge on any atom is -0.512 e. The molecule has 1 rings (SSSR count). The maximum Gasteiger partial charge on any atom is 0.343 e. The molecule has 0 saturated carbocycles. The normalized spacial score (nSPS) is 12.1. The maximum absolute atomic E-state index is 12.0. The van der Waals surface area contributed by atoms with E-state index in [4.69, 9.17) is 44.3 Å². The van der Waals surface area contributed by atoms with Gasteiger partial charge >= 0.3 is 11.9 Å². The van der Waals surface area contributed by atoms with Gasteiger partial charge < -0.3 is 14.6 Å². The first-order valence-electron chi connectivity index (χ1n) is 7.70. The monoisotopic (exact) mass is 421 g/mol. The van der Waals surface area contributed by atoms with E-state index in [1.165, 1.54) is 13.0 Å². The predicted molar refractivity (Wildman–Crippen MR) is 102 cm³/mol. The molecule has 0 aliphatic heterocycles. The number of carbonyl (C=O) groups excluding carboxylic acids is 2. The Morgan fingerprint density at radius 2 is 1.85 bits per heavy atom. The van der Waals surface area contributed by atoms with Crippen molar-refractivity contribution in [2.75, 3.05) is 13.2 Å². The van der Waals surface area contributed by atoms with Crippen molar-refractivity contribution in [3.63, 3.8) is 0 Å². The number of halogens is 3. The van der Waals surface area contributed by atoms with E-state index in [0.29, 0.717) is 6.42 Å². The molecule has 26 heavy (non-hydrogen) atoms. The highest BCUT2D eigenvalue weighted by Crippen LogP contribution is 2.39. The van der Waals surface area contributed by atoms with Crippen LogP contribution in [0.4, 0.5) is 5.69 Å². The van der Waals surface area contributed by atoms with Gasteiger partial charge in [-0.3, -0.25) is 4.99 Å². The van der Waals surface area contributed by atoms with Crippen LogP contribution in [0.1, 0.15) is 37.6 Å². The van der Waals surface area contributed by atoms with Crippen LogP contribution < -0.4 is 0 Å². The lowest BCUT2D eigenvalue weighted by atomic mass is 10.2. The summed E-state index contributed by atoms with van der Waals surface area (Å²) in [4.78, 5) is 28.0. The van der Waals surface area contributed by atoms with Crippen LogP contribution in [0.5, 0.6) is 0 Å². The summed E-state index contributed by atoms with van der Waals surface area (Å²) >= 11 is 18.2. The summed E-state index contributed by atoms with van der Waals surface area (Å²) in [5, 5.41) is 9.55. The Morgan fingerprint density at radius 3 is 2.38 bits per heavy atom. The molecule has 142 valence electrons. The molecule has 0 amide bonds. The summed E-state index contributed by atoms with van der Waals surface area (Å²) in [7, 11) is 0. The third-order valence-electron chi connectivity index (χ3n) is 3.00. The maximum atomic E-state index is 12.0. The highest BCUT2D eigenvalue weighted by atomic mass is 35.5. The smallest absolute Gasteiger partial charge is 0.343 e. The second kappa shape index (κ2) is 10.4. The first-order valence-corrected chi connectivity index (χ1v) is 8.83. The van der Waals surface area contributed by atoms with Crippen molar-refractivity contribution < 1.29 is 24.2 Å². The van der Waals surface area contributed by atoms with E-state index in [2.05, 4.69) is 4.99 Å². The summed E-state index contributed by atoms with van der Waals surface area (Å²) in [6, 6.07) is 1.33. The quantitative estimate of drug-likeness (QED) is 0.211. The van der Waals surface area contributed by atoms with Crippen LogP contribution in [0.2, 0.25) is 15.1 Å². The van der Waals surface area contributed by atoms with Gasteiger partial charge in [-0.1, -0.05) is 41.7 Å². The number of hydrogen-bond acceptors (Lipinski definition) is 6. The van der Waals surface area contributed by atoms with Crippen LogP contribution in [0.15, 0.2) is 22.4 Å². The predicted octanol–water partition coefficient (Wildman–Crippen LogP) is 5.31. The van der Waals surface area contributed by atoms with E-state index in [-0.39, 0.29) is 50.9 Å². The second-order valence-corrected chi connectivity index (χ2v) is 6.16. The van der Waals surface area contributed by atoms with Crippen LogP contribution in [0, 0.1) is 0 Å². The number of aliphatic imine (C=N–C) groups is 1. The molecule has 0 aliphatic rings. The van der Waals surface area contributed by atoms with Gasteiger partial charge in [-0.25, -0.2) is 9.59 Å². The molecule has 0 aliphatic carbocycles. The molecular formula is C17H18Cl3NO5. The molecule has 0 unspecified atom stereocenters. The molecule has 1 aromatic carbocycles. The van der Waals surface area contributed by atoms with E-state index in [1.807, 2.05) is 6.92 Å². The van der Waals surface area contributed by atoms with Gasteiger partial charge in [0.15, 0.2) is 0 Å². The van der Waals surface area contributed by atoms with Gasteiger partial charge in [-0.2, -0.15) is 0 Å². The van der Waals surface area contributed by atoms with Crippen LogP contribution in [0.25, 0.3) is 0 Å². The Morgan fingerprint density at radius 1 is 1.19 bits per heavy atom. The largest absolute Gasteiger partial charge is 0.512 e. The summed E-state index contributed by atoms with van der Waals surface area (Å²) in [6.07, 6.45) is 1.70. The topological polar surface area (TPSA) is 85.2 Å². The molecule has 0 saturated heterocycles. The van der Waals surface area contributed by atoms with Crippen molar-refractivity contribution in [2.45, 2.75) is 27.2 Å². The Labute approximate surface area is 166 Å². The minimum atomic E-state index is -0.752. The molecule has 1 N–H and O–H groups in total. The molecule has 0 spiro atoms. The number of hydrogen-bond donors (Lipinski definition) is 1. The minimum absolute atomic E-state index is 0.0334. The van der Waals surface area contributed by atoms with Gasteiger partial charge in [0.2, 0.25) is 0 Å². The number of ether oxygens (including phenoxy) is 2. The summed E-state index contributed by atoms with van der Waals surface area (Å²) in [6.45, 7) is 5.10. The zero-order valence-electron chi connectivity index (χ0n) is 14.4. The molecule has 0 bridgehead atoms. The third kappa shape index (κ3) is 5.62. The van der Waals surface area contributed by atoms with Gasteiger partial charge in [0.1, 0.15) is 16.9 Å². The lowest BCUT2D eigenvalue weighted by Crippen LogP contribution is -2.11. The lowest BCUT2D eigenvalue weighted by molar-refractivity contribution is -0.138. The van der Waals surface area contributed by atoms with E-state index in [0.717, 1.165) is 6.21 Å². The molecular weight excluding hydrogens is 405 g/mol. The fourth-order valence-electron chi connectivity index (χ4n) is 1.77.